The molecule has 1 aromatic carbocycles. The predicted octanol–water partition coefficient (Wildman–Crippen LogP) is 2.42. The highest BCUT2D eigenvalue weighted by Crippen LogP contribution is 2.20. The molecule has 1 amide bonds. The Morgan fingerprint density at radius 3 is 2.62 bits per heavy atom. The summed E-state index contributed by atoms with van der Waals surface area (Å²) >= 11 is 3.12. The second kappa shape index (κ2) is 8.29. The van der Waals surface area contributed by atoms with Crippen LogP contribution in [0.3, 0.4) is 0 Å². The number of hydrogen-bond donors (Lipinski definition) is 2. The molecule has 0 aromatic heterocycles. The van der Waals surface area contributed by atoms with Crippen molar-refractivity contribution in [1.82, 2.24) is 5.32 Å². The standard InChI is InChI=1S/C14H18BrNO4S/c1-9(2)5-6-16-13(17)8-21(20)10-3-4-12(15)11(7-10)14(18)19/h3-4,7,9H,5-6,8H2,1-2H3,(H,16,17)(H,18,19). The molecule has 1 rings (SSSR count). The number of carboxylic acid groups (broad SMARTS) is 1. The van der Waals surface area contributed by atoms with Crippen LogP contribution in [0.25, 0.3) is 0 Å². The lowest BCUT2D eigenvalue weighted by Crippen LogP contribution is -2.29. The number of benzene rings is 1. The van der Waals surface area contributed by atoms with Crippen LogP contribution in [0, 0.1) is 5.92 Å². The second-order valence-electron chi connectivity index (χ2n) is 4.97. The summed E-state index contributed by atoms with van der Waals surface area (Å²) in [5.74, 6) is -1.09. The van der Waals surface area contributed by atoms with E-state index in [1.807, 2.05) is 0 Å². The van der Waals surface area contributed by atoms with Gasteiger partial charge in [0.15, 0.2) is 0 Å². The number of amides is 1. The first-order valence-corrected chi connectivity index (χ1v) is 8.60. The zero-order chi connectivity index (χ0) is 16.0. The molecule has 0 saturated carbocycles. The number of carbonyl (C=O) groups is 2. The summed E-state index contributed by atoms with van der Waals surface area (Å²) in [6, 6.07) is 4.39. The molecule has 5 nitrogen and oxygen atoms in total. The summed E-state index contributed by atoms with van der Waals surface area (Å²) in [7, 11) is -1.56. The Labute approximate surface area is 134 Å². The molecular formula is C14H18BrNO4S. The second-order valence-corrected chi connectivity index (χ2v) is 7.27. The van der Waals surface area contributed by atoms with Crippen molar-refractivity contribution in [3.8, 4) is 0 Å². The topological polar surface area (TPSA) is 83.5 Å². The van der Waals surface area contributed by atoms with Gasteiger partial charge < -0.3 is 10.4 Å². The van der Waals surface area contributed by atoms with E-state index >= 15 is 0 Å². The Kier molecular flexibility index (Phi) is 7.04. The zero-order valence-electron chi connectivity index (χ0n) is 11.9. The third-order valence-corrected chi connectivity index (χ3v) is 4.73. The molecule has 0 radical (unpaired) electrons. The summed E-state index contributed by atoms with van der Waals surface area (Å²) < 4.78 is 12.5. The maximum absolute atomic E-state index is 12.1. The van der Waals surface area contributed by atoms with Gasteiger partial charge in [0.1, 0.15) is 5.75 Å². The highest BCUT2D eigenvalue weighted by atomic mass is 79.9. The van der Waals surface area contributed by atoms with Crippen LogP contribution in [0.2, 0.25) is 0 Å². The summed E-state index contributed by atoms with van der Waals surface area (Å²) in [5, 5.41) is 11.7. The molecule has 1 atom stereocenters. The quantitative estimate of drug-likeness (QED) is 0.766. The zero-order valence-corrected chi connectivity index (χ0v) is 14.3. The Morgan fingerprint density at radius 1 is 1.38 bits per heavy atom. The van der Waals surface area contributed by atoms with Gasteiger partial charge in [-0.25, -0.2) is 4.79 Å². The first-order valence-electron chi connectivity index (χ1n) is 6.49. The van der Waals surface area contributed by atoms with Gasteiger partial charge in [0.2, 0.25) is 5.91 Å². The maximum atomic E-state index is 12.1. The van der Waals surface area contributed by atoms with Crippen LogP contribution < -0.4 is 5.32 Å². The monoisotopic (exact) mass is 375 g/mol. The van der Waals surface area contributed by atoms with E-state index < -0.39 is 16.8 Å². The van der Waals surface area contributed by atoms with Crippen LogP contribution in [-0.2, 0) is 15.6 Å². The van der Waals surface area contributed by atoms with Crippen molar-refractivity contribution in [2.45, 2.75) is 25.2 Å². The molecule has 0 heterocycles. The third kappa shape index (κ3) is 5.97. The smallest absolute Gasteiger partial charge is 0.336 e. The molecule has 116 valence electrons. The van der Waals surface area contributed by atoms with Gasteiger partial charge in [-0.1, -0.05) is 13.8 Å². The van der Waals surface area contributed by atoms with Crippen molar-refractivity contribution >= 4 is 38.6 Å². The Bertz CT molecular complexity index is 560. The first-order chi connectivity index (χ1) is 9.81. The Hall–Kier alpha value is -1.21. The Balaban J connectivity index is 2.65. The van der Waals surface area contributed by atoms with Gasteiger partial charge in [0.25, 0.3) is 0 Å². The van der Waals surface area contributed by atoms with Crippen molar-refractivity contribution in [2.75, 3.05) is 12.3 Å². The van der Waals surface area contributed by atoms with Gasteiger partial charge in [-0.3, -0.25) is 9.00 Å². The van der Waals surface area contributed by atoms with Gasteiger partial charge in [-0.2, -0.15) is 0 Å². The molecule has 7 heteroatoms. The van der Waals surface area contributed by atoms with Gasteiger partial charge in [-0.15, -0.1) is 0 Å². The van der Waals surface area contributed by atoms with E-state index in [-0.39, 0.29) is 17.2 Å². The van der Waals surface area contributed by atoms with Crippen LogP contribution in [-0.4, -0.2) is 33.5 Å². The highest BCUT2D eigenvalue weighted by molar-refractivity contribution is 9.10. The van der Waals surface area contributed by atoms with Crippen LogP contribution in [0.5, 0.6) is 0 Å². The number of carbonyl (C=O) groups excluding carboxylic acids is 1. The molecular weight excluding hydrogens is 358 g/mol. The maximum Gasteiger partial charge on any atom is 0.336 e. The Morgan fingerprint density at radius 2 is 2.05 bits per heavy atom. The molecule has 2 N–H and O–H groups in total. The van der Waals surface area contributed by atoms with Crippen molar-refractivity contribution in [2.24, 2.45) is 5.92 Å². The van der Waals surface area contributed by atoms with Crippen LogP contribution >= 0.6 is 15.9 Å². The molecule has 1 unspecified atom stereocenters. The lowest BCUT2D eigenvalue weighted by molar-refractivity contribution is -0.118. The van der Waals surface area contributed by atoms with E-state index in [1.165, 1.54) is 12.1 Å². The van der Waals surface area contributed by atoms with Crippen LogP contribution in [0.4, 0.5) is 0 Å². The van der Waals surface area contributed by atoms with E-state index in [4.69, 9.17) is 5.11 Å². The van der Waals surface area contributed by atoms with E-state index in [9.17, 15) is 13.8 Å². The average molecular weight is 376 g/mol. The normalized spacial score (nSPS) is 12.2. The van der Waals surface area contributed by atoms with Gasteiger partial charge in [-0.05, 0) is 46.5 Å². The summed E-state index contributed by atoms with van der Waals surface area (Å²) in [6.07, 6.45) is 0.861. The lowest BCUT2D eigenvalue weighted by atomic mass is 10.1. The van der Waals surface area contributed by atoms with Crippen LogP contribution in [0.15, 0.2) is 27.6 Å². The SMILES string of the molecule is CC(C)CCNC(=O)CS(=O)c1ccc(Br)c(C(=O)O)c1. The molecule has 0 aliphatic heterocycles. The number of rotatable bonds is 7. The van der Waals surface area contributed by atoms with Crippen molar-refractivity contribution in [3.63, 3.8) is 0 Å². The first kappa shape index (κ1) is 17.8. The molecule has 0 aliphatic carbocycles. The molecule has 0 saturated heterocycles. The number of carboxylic acids is 1. The van der Waals surface area contributed by atoms with Gasteiger partial charge >= 0.3 is 5.97 Å². The fourth-order valence-electron chi connectivity index (χ4n) is 1.56. The van der Waals surface area contributed by atoms with Gasteiger partial charge in [0.05, 0.1) is 16.4 Å². The predicted molar refractivity (Wildman–Crippen MR) is 84.8 cm³/mol. The fraction of sp³-hybridized carbons (Fsp3) is 0.429. The average Bonchev–Trinajstić information content (AvgIpc) is 2.38. The summed E-state index contributed by atoms with van der Waals surface area (Å²) in [5.41, 5.74) is 0.0288. The van der Waals surface area contributed by atoms with Crippen molar-refractivity contribution < 1.29 is 18.9 Å². The van der Waals surface area contributed by atoms with Crippen LogP contribution in [0.1, 0.15) is 30.6 Å². The molecule has 0 aliphatic rings. The lowest BCUT2D eigenvalue weighted by Gasteiger charge is -2.08. The number of aromatic carboxylic acids is 1. The number of nitrogens with one attached hydrogen (secondary N) is 1. The van der Waals surface area contributed by atoms with Gasteiger partial charge in [0, 0.05) is 15.9 Å². The fourth-order valence-corrected chi connectivity index (χ4v) is 2.96. The van der Waals surface area contributed by atoms with Crippen molar-refractivity contribution in [3.05, 3.63) is 28.2 Å². The summed E-state index contributed by atoms with van der Waals surface area (Å²) in [6.45, 7) is 4.66. The van der Waals surface area contributed by atoms with Crippen molar-refractivity contribution in [1.29, 1.82) is 0 Å². The largest absolute Gasteiger partial charge is 0.478 e. The highest BCUT2D eigenvalue weighted by Gasteiger charge is 2.14. The van der Waals surface area contributed by atoms with E-state index in [0.717, 1.165) is 6.42 Å². The molecule has 0 spiro atoms. The van der Waals surface area contributed by atoms with E-state index in [0.29, 0.717) is 21.8 Å². The molecule has 0 fully saturated rings. The molecule has 1 aromatic rings. The number of halogens is 1. The molecule has 21 heavy (non-hydrogen) atoms. The molecule has 0 bridgehead atoms. The van der Waals surface area contributed by atoms with E-state index in [1.54, 1.807) is 6.07 Å². The third-order valence-electron chi connectivity index (χ3n) is 2.74. The minimum Gasteiger partial charge on any atom is -0.478 e. The minimum absolute atomic E-state index is 0.0288. The number of hydrogen-bond acceptors (Lipinski definition) is 3. The minimum atomic E-state index is -1.56. The van der Waals surface area contributed by atoms with E-state index in [2.05, 4.69) is 35.1 Å². The summed E-state index contributed by atoms with van der Waals surface area (Å²) in [4.78, 5) is 23.0.